The topological polar surface area (TPSA) is 67.3 Å². The number of benzene rings is 1. The number of carbonyl (C=O) groups is 1. The van der Waals surface area contributed by atoms with Crippen LogP contribution in [0.25, 0.3) is 0 Å². The maximum Gasteiger partial charge on any atom is 0.263 e. The van der Waals surface area contributed by atoms with Gasteiger partial charge in [-0.2, -0.15) is 0 Å². The van der Waals surface area contributed by atoms with Gasteiger partial charge >= 0.3 is 0 Å². The van der Waals surface area contributed by atoms with E-state index in [4.69, 9.17) is 4.74 Å². The molecule has 2 heterocycles. The lowest BCUT2D eigenvalue weighted by Gasteiger charge is -2.27. The number of rotatable bonds is 5. The lowest BCUT2D eigenvalue weighted by atomic mass is 10.1. The third-order valence-corrected chi connectivity index (χ3v) is 4.30. The molecule has 1 saturated heterocycles. The molecule has 0 saturated carbocycles. The van der Waals surface area contributed by atoms with Gasteiger partial charge in [-0.25, -0.2) is 9.97 Å². The second kappa shape index (κ2) is 7.96. The van der Waals surface area contributed by atoms with E-state index in [9.17, 15) is 4.79 Å². The first-order chi connectivity index (χ1) is 12.1. The first-order valence-electron chi connectivity index (χ1n) is 8.69. The molecule has 1 aromatic carbocycles. The number of nitrogens with zero attached hydrogens (tertiary/aromatic N) is 3. The van der Waals surface area contributed by atoms with Gasteiger partial charge < -0.3 is 15.0 Å². The predicted octanol–water partition coefficient (Wildman–Crippen LogP) is 3.10. The van der Waals surface area contributed by atoms with Crippen LogP contribution in [0.2, 0.25) is 0 Å². The molecular formula is C19H24N4O2. The largest absolute Gasteiger partial charge is 0.483 e. The molecule has 0 spiro atoms. The molecule has 1 aliphatic heterocycles. The summed E-state index contributed by atoms with van der Waals surface area (Å²) in [7, 11) is 0. The highest BCUT2D eigenvalue weighted by Crippen LogP contribution is 2.20. The van der Waals surface area contributed by atoms with E-state index in [1.807, 2.05) is 38.1 Å². The van der Waals surface area contributed by atoms with E-state index < -0.39 is 0 Å². The van der Waals surface area contributed by atoms with Crippen molar-refractivity contribution in [3.63, 3.8) is 0 Å². The standard InChI is InChI=1S/C19H24N4O2/c1-14-6-7-15(2)16(10-14)25-12-19(24)22-17-11-18(21-13-20-17)23-8-4-3-5-9-23/h6-7,10-11,13H,3-5,8-9,12H2,1-2H3,(H,20,21,22,24). The summed E-state index contributed by atoms with van der Waals surface area (Å²) < 4.78 is 5.63. The SMILES string of the molecule is Cc1ccc(C)c(OCC(=O)Nc2cc(N3CCCCC3)ncn2)c1. The highest BCUT2D eigenvalue weighted by atomic mass is 16.5. The lowest BCUT2D eigenvalue weighted by molar-refractivity contribution is -0.118. The number of aromatic nitrogens is 2. The van der Waals surface area contributed by atoms with Crippen LogP contribution in [-0.4, -0.2) is 35.6 Å². The van der Waals surface area contributed by atoms with Crippen molar-refractivity contribution >= 4 is 17.5 Å². The Balaban J connectivity index is 1.58. The molecule has 6 heteroatoms. The van der Waals surface area contributed by atoms with Gasteiger partial charge in [-0.15, -0.1) is 0 Å². The smallest absolute Gasteiger partial charge is 0.263 e. The van der Waals surface area contributed by atoms with E-state index in [-0.39, 0.29) is 12.5 Å². The monoisotopic (exact) mass is 340 g/mol. The van der Waals surface area contributed by atoms with Gasteiger partial charge in [0.15, 0.2) is 6.61 Å². The van der Waals surface area contributed by atoms with E-state index in [0.29, 0.717) is 5.82 Å². The first-order valence-corrected chi connectivity index (χ1v) is 8.69. The number of amides is 1. The third-order valence-electron chi connectivity index (χ3n) is 4.30. The van der Waals surface area contributed by atoms with Crippen molar-refractivity contribution in [3.05, 3.63) is 41.7 Å². The Bertz CT molecular complexity index is 742. The molecule has 0 aliphatic carbocycles. The molecule has 0 radical (unpaired) electrons. The van der Waals surface area contributed by atoms with Gasteiger partial charge in [-0.3, -0.25) is 4.79 Å². The fraction of sp³-hybridized carbons (Fsp3) is 0.421. The van der Waals surface area contributed by atoms with Gasteiger partial charge in [0, 0.05) is 19.2 Å². The zero-order valence-corrected chi connectivity index (χ0v) is 14.8. The highest BCUT2D eigenvalue weighted by molar-refractivity contribution is 5.91. The van der Waals surface area contributed by atoms with Crippen LogP contribution >= 0.6 is 0 Å². The molecule has 1 fully saturated rings. The van der Waals surface area contributed by atoms with Crippen molar-refractivity contribution in [1.82, 2.24) is 9.97 Å². The summed E-state index contributed by atoms with van der Waals surface area (Å²) in [5.74, 6) is 1.86. The van der Waals surface area contributed by atoms with E-state index >= 15 is 0 Å². The maximum atomic E-state index is 12.2. The number of ether oxygens (including phenoxy) is 1. The minimum absolute atomic E-state index is 0.0483. The number of anilines is 2. The second-order valence-corrected chi connectivity index (χ2v) is 6.41. The molecule has 1 aromatic heterocycles. The molecule has 2 aromatic rings. The quantitative estimate of drug-likeness (QED) is 0.906. The minimum atomic E-state index is -0.232. The Morgan fingerprint density at radius 1 is 1.16 bits per heavy atom. The molecule has 3 rings (SSSR count). The molecule has 1 amide bonds. The van der Waals surface area contributed by atoms with Crippen LogP contribution in [-0.2, 0) is 4.79 Å². The molecule has 132 valence electrons. The van der Waals surface area contributed by atoms with E-state index in [2.05, 4.69) is 20.2 Å². The van der Waals surface area contributed by atoms with Crippen LogP contribution in [0.3, 0.4) is 0 Å². The molecule has 6 nitrogen and oxygen atoms in total. The number of nitrogens with one attached hydrogen (secondary N) is 1. The zero-order chi connectivity index (χ0) is 17.6. The van der Waals surface area contributed by atoms with Crippen LogP contribution in [0, 0.1) is 13.8 Å². The first kappa shape index (κ1) is 17.2. The van der Waals surface area contributed by atoms with Crippen molar-refractivity contribution in [2.24, 2.45) is 0 Å². The fourth-order valence-corrected chi connectivity index (χ4v) is 2.90. The number of aryl methyl sites for hydroxylation is 2. The summed E-state index contributed by atoms with van der Waals surface area (Å²) in [4.78, 5) is 22.8. The van der Waals surface area contributed by atoms with Gasteiger partial charge in [0.25, 0.3) is 5.91 Å². The average Bonchev–Trinajstić information content (AvgIpc) is 2.63. The van der Waals surface area contributed by atoms with E-state index in [0.717, 1.165) is 35.8 Å². The number of hydrogen-bond acceptors (Lipinski definition) is 5. The van der Waals surface area contributed by atoms with Crippen molar-refractivity contribution in [2.45, 2.75) is 33.1 Å². The molecule has 0 atom stereocenters. The van der Waals surface area contributed by atoms with Crippen LogP contribution in [0.1, 0.15) is 30.4 Å². The maximum absolute atomic E-state index is 12.2. The summed E-state index contributed by atoms with van der Waals surface area (Å²) in [6, 6.07) is 7.76. The molecule has 1 aliphatic rings. The van der Waals surface area contributed by atoms with Gasteiger partial charge in [0.2, 0.25) is 0 Å². The summed E-state index contributed by atoms with van der Waals surface area (Å²) >= 11 is 0. The lowest BCUT2D eigenvalue weighted by Crippen LogP contribution is -2.30. The van der Waals surface area contributed by atoms with Crippen LogP contribution in [0.5, 0.6) is 5.75 Å². The number of piperidine rings is 1. The van der Waals surface area contributed by atoms with Crippen molar-refractivity contribution in [1.29, 1.82) is 0 Å². The van der Waals surface area contributed by atoms with Crippen LogP contribution < -0.4 is 15.0 Å². The zero-order valence-electron chi connectivity index (χ0n) is 14.8. The van der Waals surface area contributed by atoms with Gasteiger partial charge in [-0.1, -0.05) is 12.1 Å². The molecular weight excluding hydrogens is 316 g/mol. The Kier molecular flexibility index (Phi) is 5.48. The molecule has 25 heavy (non-hydrogen) atoms. The summed E-state index contributed by atoms with van der Waals surface area (Å²) in [5.41, 5.74) is 2.11. The van der Waals surface area contributed by atoms with Crippen molar-refractivity contribution < 1.29 is 9.53 Å². The molecule has 0 unspecified atom stereocenters. The number of carbonyl (C=O) groups excluding carboxylic acids is 1. The van der Waals surface area contributed by atoms with Gasteiger partial charge in [0.1, 0.15) is 23.7 Å². The van der Waals surface area contributed by atoms with Gasteiger partial charge in [-0.05, 0) is 50.3 Å². The van der Waals surface area contributed by atoms with Crippen molar-refractivity contribution in [3.8, 4) is 5.75 Å². The Morgan fingerprint density at radius 2 is 1.96 bits per heavy atom. The Hall–Kier alpha value is -2.63. The van der Waals surface area contributed by atoms with E-state index in [1.54, 1.807) is 0 Å². The van der Waals surface area contributed by atoms with Crippen molar-refractivity contribution in [2.75, 3.05) is 29.9 Å². The average molecular weight is 340 g/mol. The Labute approximate surface area is 148 Å². The fourth-order valence-electron chi connectivity index (χ4n) is 2.90. The third kappa shape index (κ3) is 4.68. The predicted molar refractivity (Wildman–Crippen MR) is 98.1 cm³/mol. The second-order valence-electron chi connectivity index (χ2n) is 6.41. The number of hydrogen-bond donors (Lipinski definition) is 1. The van der Waals surface area contributed by atoms with Crippen LogP contribution in [0.15, 0.2) is 30.6 Å². The summed E-state index contributed by atoms with van der Waals surface area (Å²) in [6.07, 6.45) is 5.11. The minimum Gasteiger partial charge on any atom is -0.483 e. The van der Waals surface area contributed by atoms with Gasteiger partial charge in [0.05, 0.1) is 0 Å². The summed E-state index contributed by atoms with van der Waals surface area (Å²) in [5, 5.41) is 2.78. The highest BCUT2D eigenvalue weighted by Gasteiger charge is 2.13. The normalized spacial score (nSPS) is 14.2. The van der Waals surface area contributed by atoms with Crippen LogP contribution in [0.4, 0.5) is 11.6 Å². The Morgan fingerprint density at radius 3 is 2.76 bits per heavy atom. The summed E-state index contributed by atoms with van der Waals surface area (Å²) in [6.45, 7) is 5.91. The molecule has 0 bridgehead atoms. The van der Waals surface area contributed by atoms with E-state index in [1.165, 1.54) is 25.6 Å². The molecule has 1 N–H and O–H groups in total.